The standard InChI is InChI=1S/C19H24F3N3O6S/c20-19(21,22)31-15-2-4-16(5-3-15)32(28,29)23-11-13-7-9-25(10-8-13)17(26)6-1-14-12-30-18(27)24-14/h2-5,13-14,23H,1,6-12H2,(H,24,27)/t14-/m1/s1. The number of hydrogen-bond acceptors (Lipinski definition) is 6. The van der Waals surface area contributed by atoms with Gasteiger partial charge in [-0.05, 0) is 49.4 Å². The van der Waals surface area contributed by atoms with Crippen LogP contribution in [0.1, 0.15) is 25.7 Å². The molecule has 2 heterocycles. The summed E-state index contributed by atoms with van der Waals surface area (Å²) in [5, 5.41) is 2.62. The number of cyclic esters (lactones) is 1. The Morgan fingerprint density at radius 1 is 1.22 bits per heavy atom. The molecular weight excluding hydrogens is 455 g/mol. The molecule has 1 aromatic carbocycles. The van der Waals surface area contributed by atoms with Crippen LogP contribution >= 0.6 is 0 Å². The number of benzene rings is 1. The lowest BCUT2D eigenvalue weighted by molar-refractivity contribution is -0.274. The van der Waals surface area contributed by atoms with Gasteiger partial charge in [0.05, 0.1) is 10.9 Å². The lowest BCUT2D eigenvalue weighted by atomic mass is 9.97. The Balaban J connectivity index is 1.41. The smallest absolute Gasteiger partial charge is 0.447 e. The number of alkyl halides is 3. The molecule has 0 aliphatic carbocycles. The predicted molar refractivity (Wildman–Crippen MR) is 105 cm³/mol. The number of amides is 2. The van der Waals surface area contributed by atoms with Crippen LogP contribution in [0.2, 0.25) is 0 Å². The number of piperidine rings is 1. The number of carbonyl (C=O) groups excluding carboxylic acids is 2. The number of halogens is 3. The van der Waals surface area contributed by atoms with E-state index in [1.54, 1.807) is 4.90 Å². The molecule has 1 aromatic rings. The summed E-state index contributed by atoms with van der Waals surface area (Å²) in [7, 11) is -3.89. The molecule has 13 heteroatoms. The van der Waals surface area contributed by atoms with Gasteiger partial charge in [0.1, 0.15) is 12.4 Å². The van der Waals surface area contributed by atoms with Crippen molar-refractivity contribution in [2.75, 3.05) is 26.2 Å². The van der Waals surface area contributed by atoms with Crippen LogP contribution in [-0.4, -0.2) is 64.0 Å². The molecule has 178 valence electrons. The number of rotatable bonds is 8. The van der Waals surface area contributed by atoms with Crippen LogP contribution in [0.3, 0.4) is 0 Å². The van der Waals surface area contributed by atoms with Gasteiger partial charge < -0.3 is 19.7 Å². The van der Waals surface area contributed by atoms with Crippen molar-refractivity contribution in [2.24, 2.45) is 5.92 Å². The fourth-order valence-electron chi connectivity index (χ4n) is 3.56. The molecule has 3 rings (SSSR count). The first-order valence-electron chi connectivity index (χ1n) is 10.1. The highest BCUT2D eigenvalue weighted by Crippen LogP contribution is 2.24. The Labute approximate surface area is 183 Å². The highest BCUT2D eigenvalue weighted by molar-refractivity contribution is 7.89. The second-order valence-electron chi connectivity index (χ2n) is 7.67. The minimum atomic E-state index is -4.85. The number of alkyl carbamates (subject to hydrolysis) is 1. The molecular formula is C19H24F3N3O6S. The summed E-state index contributed by atoms with van der Waals surface area (Å²) in [5.74, 6) is -0.494. The van der Waals surface area contributed by atoms with Gasteiger partial charge in [-0.2, -0.15) is 0 Å². The molecule has 2 amide bonds. The van der Waals surface area contributed by atoms with Gasteiger partial charge >= 0.3 is 12.5 Å². The largest absolute Gasteiger partial charge is 0.573 e. The van der Waals surface area contributed by atoms with Gasteiger partial charge in [0, 0.05) is 26.1 Å². The third-order valence-electron chi connectivity index (χ3n) is 5.34. The van der Waals surface area contributed by atoms with Gasteiger partial charge in [-0.1, -0.05) is 0 Å². The van der Waals surface area contributed by atoms with Crippen LogP contribution in [0, 0.1) is 5.92 Å². The Morgan fingerprint density at radius 3 is 2.44 bits per heavy atom. The van der Waals surface area contributed by atoms with E-state index in [9.17, 15) is 31.2 Å². The fourth-order valence-corrected chi connectivity index (χ4v) is 4.67. The number of ether oxygens (including phenoxy) is 2. The maximum atomic E-state index is 12.4. The van der Waals surface area contributed by atoms with Crippen LogP contribution in [-0.2, 0) is 19.6 Å². The van der Waals surface area contributed by atoms with Gasteiger partial charge in [0.15, 0.2) is 0 Å². The third kappa shape index (κ3) is 6.99. The van der Waals surface area contributed by atoms with E-state index in [1.165, 1.54) is 0 Å². The Bertz CT molecular complexity index is 915. The van der Waals surface area contributed by atoms with E-state index in [4.69, 9.17) is 4.74 Å². The van der Waals surface area contributed by atoms with Gasteiger partial charge in [-0.3, -0.25) is 4.79 Å². The van der Waals surface area contributed by atoms with Crippen molar-refractivity contribution in [2.45, 2.75) is 43.0 Å². The maximum absolute atomic E-state index is 12.4. The molecule has 2 saturated heterocycles. The summed E-state index contributed by atoms with van der Waals surface area (Å²) in [6.07, 6.45) is -3.30. The van der Waals surface area contributed by atoms with Crippen molar-refractivity contribution in [1.82, 2.24) is 14.9 Å². The van der Waals surface area contributed by atoms with E-state index in [1.807, 2.05) is 0 Å². The number of hydrogen-bond donors (Lipinski definition) is 2. The number of sulfonamides is 1. The van der Waals surface area contributed by atoms with E-state index < -0.39 is 28.2 Å². The number of nitrogens with one attached hydrogen (secondary N) is 2. The van der Waals surface area contributed by atoms with Crippen LogP contribution < -0.4 is 14.8 Å². The van der Waals surface area contributed by atoms with Crippen LogP contribution in [0.25, 0.3) is 0 Å². The van der Waals surface area contributed by atoms with Crippen molar-refractivity contribution < 1.29 is 40.7 Å². The maximum Gasteiger partial charge on any atom is 0.573 e. The molecule has 0 aromatic heterocycles. The molecule has 2 aliphatic heterocycles. The molecule has 1 atom stereocenters. The van der Waals surface area contributed by atoms with E-state index in [-0.39, 0.29) is 35.9 Å². The molecule has 0 bridgehead atoms. The zero-order valence-electron chi connectivity index (χ0n) is 17.1. The number of likely N-dealkylation sites (tertiary alicyclic amines) is 1. The quantitative estimate of drug-likeness (QED) is 0.590. The van der Waals surface area contributed by atoms with E-state index >= 15 is 0 Å². The van der Waals surface area contributed by atoms with Gasteiger partial charge in [0.25, 0.3) is 0 Å². The van der Waals surface area contributed by atoms with Crippen molar-refractivity contribution in [3.05, 3.63) is 24.3 Å². The van der Waals surface area contributed by atoms with Gasteiger partial charge in [-0.25, -0.2) is 17.9 Å². The summed E-state index contributed by atoms with van der Waals surface area (Å²) < 4.78 is 72.4. The Morgan fingerprint density at radius 2 is 1.88 bits per heavy atom. The zero-order chi connectivity index (χ0) is 23.4. The summed E-state index contributed by atoms with van der Waals surface area (Å²) >= 11 is 0. The molecule has 32 heavy (non-hydrogen) atoms. The zero-order valence-corrected chi connectivity index (χ0v) is 17.9. The monoisotopic (exact) mass is 479 g/mol. The summed E-state index contributed by atoms with van der Waals surface area (Å²) in [4.78, 5) is 24.9. The SMILES string of the molecule is O=C1N[C@H](CCC(=O)N2CCC(CNS(=O)(=O)c3ccc(OC(F)(F)F)cc3)CC2)CO1. The molecule has 2 fully saturated rings. The summed E-state index contributed by atoms with van der Waals surface area (Å²) in [5.41, 5.74) is 0. The lowest BCUT2D eigenvalue weighted by Crippen LogP contribution is -2.42. The highest BCUT2D eigenvalue weighted by Gasteiger charge is 2.31. The average molecular weight is 479 g/mol. The van der Waals surface area contributed by atoms with Crippen molar-refractivity contribution >= 4 is 22.0 Å². The lowest BCUT2D eigenvalue weighted by Gasteiger charge is -2.32. The van der Waals surface area contributed by atoms with Gasteiger partial charge in [-0.15, -0.1) is 13.2 Å². The average Bonchev–Trinajstić information content (AvgIpc) is 3.15. The third-order valence-corrected chi connectivity index (χ3v) is 6.78. The molecule has 0 saturated carbocycles. The van der Waals surface area contributed by atoms with E-state index in [0.717, 1.165) is 24.3 Å². The molecule has 9 nitrogen and oxygen atoms in total. The fraction of sp³-hybridized carbons (Fsp3) is 0.579. The van der Waals surface area contributed by atoms with E-state index in [0.29, 0.717) is 38.8 Å². The van der Waals surface area contributed by atoms with Crippen molar-refractivity contribution in [3.63, 3.8) is 0 Å². The highest BCUT2D eigenvalue weighted by atomic mass is 32.2. The molecule has 0 spiro atoms. The van der Waals surface area contributed by atoms with Crippen molar-refractivity contribution in [3.8, 4) is 5.75 Å². The minimum Gasteiger partial charge on any atom is -0.447 e. The van der Waals surface area contributed by atoms with E-state index in [2.05, 4.69) is 14.8 Å². The number of carbonyl (C=O) groups is 2. The van der Waals surface area contributed by atoms with Crippen LogP contribution in [0.5, 0.6) is 5.75 Å². The molecule has 2 N–H and O–H groups in total. The summed E-state index contributed by atoms with van der Waals surface area (Å²) in [6.45, 7) is 1.42. The Kier molecular flexibility index (Phi) is 7.49. The van der Waals surface area contributed by atoms with Crippen molar-refractivity contribution in [1.29, 1.82) is 0 Å². The molecule has 2 aliphatic rings. The first-order valence-corrected chi connectivity index (χ1v) is 11.6. The van der Waals surface area contributed by atoms with Gasteiger partial charge in [0.2, 0.25) is 15.9 Å². The topological polar surface area (TPSA) is 114 Å². The second kappa shape index (κ2) is 9.94. The second-order valence-corrected chi connectivity index (χ2v) is 9.44. The van der Waals surface area contributed by atoms with Crippen LogP contribution in [0.15, 0.2) is 29.2 Å². The minimum absolute atomic E-state index is 0.0219. The van der Waals surface area contributed by atoms with Crippen LogP contribution in [0.4, 0.5) is 18.0 Å². The molecule has 0 radical (unpaired) electrons. The number of nitrogens with zero attached hydrogens (tertiary/aromatic N) is 1. The summed E-state index contributed by atoms with van der Waals surface area (Å²) in [6, 6.07) is 3.81. The molecule has 0 unspecified atom stereocenters. The normalized spacial score (nSPS) is 20.0. The predicted octanol–water partition coefficient (Wildman–Crippen LogP) is 1.99. The Hall–Kier alpha value is -2.54. The first-order chi connectivity index (χ1) is 15.0. The first kappa shape index (κ1) is 24.1.